The zero-order chi connectivity index (χ0) is 21.0. The molecular formula is C18H19F4N4O3+. The van der Waals surface area contributed by atoms with Gasteiger partial charge in [-0.1, -0.05) is 0 Å². The lowest BCUT2D eigenvalue weighted by Crippen LogP contribution is -2.60. The number of carbonyl (C=O) groups is 2. The molecule has 2 heterocycles. The molecule has 1 aliphatic carbocycles. The summed E-state index contributed by atoms with van der Waals surface area (Å²) >= 11 is 0. The SMILES string of the molecule is NC(=O)c1cc(F)cc2cn(C3CC([N+]4(OC(=O)C(F)(F)F)CCCC4)C3)nc12. The van der Waals surface area contributed by atoms with Gasteiger partial charge in [-0.3, -0.25) is 14.3 Å². The van der Waals surface area contributed by atoms with Crippen LogP contribution in [0.4, 0.5) is 17.6 Å². The average Bonchev–Trinajstić information content (AvgIpc) is 3.19. The van der Waals surface area contributed by atoms with Gasteiger partial charge in [-0.2, -0.15) is 18.3 Å². The van der Waals surface area contributed by atoms with E-state index in [0.29, 0.717) is 44.2 Å². The standard InChI is InChI=1S/C18H18F4N4O3/c19-11-5-10-9-25(24-15(10)14(6-11)16(23)27)12-7-13(8-12)26(3-1-2-4-26)29-17(28)18(20,21)22/h5-6,9,12-13H,1-4,7-8H2,(H-,23,27)/p+1. The number of amides is 1. The number of aromatic nitrogens is 2. The van der Waals surface area contributed by atoms with Gasteiger partial charge in [0.25, 0.3) is 5.91 Å². The number of carbonyl (C=O) groups excluding carboxylic acids is 2. The van der Waals surface area contributed by atoms with Gasteiger partial charge < -0.3 is 5.73 Å². The van der Waals surface area contributed by atoms with Crippen LogP contribution in [0.25, 0.3) is 10.9 Å². The number of alkyl halides is 3. The first kappa shape index (κ1) is 19.6. The minimum Gasteiger partial charge on any atom is -0.366 e. The van der Waals surface area contributed by atoms with Crippen LogP contribution in [0.15, 0.2) is 18.3 Å². The predicted molar refractivity (Wildman–Crippen MR) is 91.6 cm³/mol. The van der Waals surface area contributed by atoms with Crippen LogP contribution in [0.3, 0.4) is 0 Å². The van der Waals surface area contributed by atoms with Crippen molar-refractivity contribution < 1.29 is 36.6 Å². The van der Waals surface area contributed by atoms with Crippen molar-refractivity contribution in [1.82, 2.24) is 9.78 Å². The zero-order valence-corrected chi connectivity index (χ0v) is 15.3. The van der Waals surface area contributed by atoms with E-state index in [2.05, 4.69) is 5.10 Å². The van der Waals surface area contributed by atoms with E-state index >= 15 is 0 Å². The minimum absolute atomic E-state index is 0.0308. The number of quaternary nitrogens is 1. The lowest BCUT2D eigenvalue weighted by Gasteiger charge is -2.45. The summed E-state index contributed by atoms with van der Waals surface area (Å²) in [6.45, 7) is 0.689. The van der Waals surface area contributed by atoms with Gasteiger partial charge in [-0.15, -0.1) is 4.65 Å². The van der Waals surface area contributed by atoms with Crippen LogP contribution < -0.4 is 5.73 Å². The summed E-state index contributed by atoms with van der Waals surface area (Å²) in [6, 6.07) is 1.83. The summed E-state index contributed by atoms with van der Waals surface area (Å²) in [7, 11) is 0. The Bertz CT molecular complexity index is 975. The maximum Gasteiger partial charge on any atom is 0.497 e. The van der Waals surface area contributed by atoms with Crippen LogP contribution in [0.5, 0.6) is 0 Å². The van der Waals surface area contributed by atoms with E-state index in [1.165, 1.54) is 6.07 Å². The highest BCUT2D eigenvalue weighted by Crippen LogP contribution is 2.43. The van der Waals surface area contributed by atoms with E-state index in [1.54, 1.807) is 10.9 Å². The highest BCUT2D eigenvalue weighted by molar-refractivity contribution is 6.04. The Balaban J connectivity index is 1.53. The molecule has 1 aromatic heterocycles. The van der Waals surface area contributed by atoms with E-state index in [1.807, 2.05) is 0 Å². The van der Waals surface area contributed by atoms with Crippen LogP contribution in [0.2, 0.25) is 0 Å². The smallest absolute Gasteiger partial charge is 0.366 e. The number of hydroxylamine groups is 3. The number of hydrogen-bond donors (Lipinski definition) is 1. The molecule has 4 rings (SSSR count). The number of benzene rings is 1. The van der Waals surface area contributed by atoms with Gasteiger partial charge in [-0.25, -0.2) is 9.18 Å². The van der Waals surface area contributed by atoms with Crippen molar-refractivity contribution in [3.8, 4) is 0 Å². The first-order valence-corrected chi connectivity index (χ1v) is 9.25. The highest BCUT2D eigenvalue weighted by atomic mass is 19.4. The van der Waals surface area contributed by atoms with Gasteiger partial charge in [-0.05, 0) is 12.1 Å². The van der Waals surface area contributed by atoms with E-state index in [4.69, 9.17) is 10.6 Å². The number of nitrogens with two attached hydrogens (primary N) is 1. The van der Waals surface area contributed by atoms with Crippen LogP contribution in [-0.4, -0.2) is 51.6 Å². The number of primary amides is 1. The zero-order valence-electron chi connectivity index (χ0n) is 15.3. The van der Waals surface area contributed by atoms with Gasteiger partial charge in [0.15, 0.2) is 0 Å². The average molecular weight is 415 g/mol. The molecule has 0 spiro atoms. The molecule has 0 atom stereocenters. The summed E-state index contributed by atoms with van der Waals surface area (Å²) < 4.78 is 53.0. The van der Waals surface area contributed by atoms with Gasteiger partial charge in [0.05, 0.1) is 11.6 Å². The number of rotatable bonds is 4. The van der Waals surface area contributed by atoms with Crippen molar-refractivity contribution in [3.05, 3.63) is 29.7 Å². The van der Waals surface area contributed by atoms with Crippen molar-refractivity contribution in [2.75, 3.05) is 13.1 Å². The molecule has 29 heavy (non-hydrogen) atoms. The van der Waals surface area contributed by atoms with Gasteiger partial charge in [0, 0.05) is 37.3 Å². The largest absolute Gasteiger partial charge is 0.497 e. The Kier molecular flexibility index (Phi) is 4.52. The quantitative estimate of drug-likeness (QED) is 0.614. The maximum absolute atomic E-state index is 13.7. The van der Waals surface area contributed by atoms with E-state index in [0.717, 1.165) is 6.07 Å². The van der Waals surface area contributed by atoms with Crippen molar-refractivity contribution in [2.24, 2.45) is 5.73 Å². The molecule has 0 radical (unpaired) electrons. The molecule has 1 saturated heterocycles. The molecule has 2 aromatic rings. The van der Waals surface area contributed by atoms with Crippen molar-refractivity contribution in [2.45, 2.75) is 43.9 Å². The second-order valence-electron chi connectivity index (χ2n) is 7.63. The van der Waals surface area contributed by atoms with Gasteiger partial charge in [0.2, 0.25) is 0 Å². The summed E-state index contributed by atoms with van der Waals surface area (Å²) in [4.78, 5) is 27.9. The topological polar surface area (TPSA) is 87.2 Å². The van der Waals surface area contributed by atoms with Crippen molar-refractivity contribution in [1.29, 1.82) is 0 Å². The van der Waals surface area contributed by atoms with E-state index in [-0.39, 0.29) is 27.8 Å². The Morgan fingerprint density at radius 1 is 1.21 bits per heavy atom. The summed E-state index contributed by atoms with van der Waals surface area (Å²) in [5, 5.41) is 4.75. The second-order valence-corrected chi connectivity index (χ2v) is 7.63. The van der Waals surface area contributed by atoms with Crippen LogP contribution in [0, 0.1) is 5.82 Å². The van der Waals surface area contributed by atoms with Crippen molar-refractivity contribution >= 4 is 22.8 Å². The Hall–Kier alpha value is -2.69. The van der Waals surface area contributed by atoms with Crippen molar-refractivity contribution in [3.63, 3.8) is 0 Å². The normalized spacial score (nSPS) is 23.7. The number of likely N-dealkylation sites (tertiary alicyclic amines) is 1. The molecule has 11 heteroatoms. The third-order valence-corrected chi connectivity index (χ3v) is 5.80. The molecule has 2 fully saturated rings. The molecule has 156 valence electrons. The fourth-order valence-corrected chi connectivity index (χ4v) is 4.27. The molecule has 1 aliphatic heterocycles. The summed E-state index contributed by atoms with van der Waals surface area (Å²) in [5.74, 6) is -3.58. The lowest BCUT2D eigenvalue weighted by molar-refractivity contribution is -1.10. The Morgan fingerprint density at radius 2 is 1.86 bits per heavy atom. The van der Waals surface area contributed by atoms with Crippen LogP contribution in [0.1, 0.15) is 42.1 Å². The molecule has 0 bridgehead atoms. The van der Waals surface area contributed by atoms with Crippen LogP contribution in [-0.2, 0) is 9.63 Å². The molecule has 0 unspecified atom stereocenters. The third kappa shape index (κ3) is 3.43. The maximum atomic E-state index is 13.7. The molecule has 1 saturated carbocycles. The summed E-state index contributed by atoms with van der Waals surface area (Å²) in [5.41, 5.74) is 5.53. The summed E-state index contributed by atoms with van der Waals surface area (Å²) in [6.07, 6.45) is -1.19. The monoisotopic (exact) mass is 415 g/mol. The Morgan fingerprint density at radius 3 is 2.45 bits per heavy atom. The molecule has 1 aromatic carbocycles. The number of hydrogen-bond acceptors (Lipinski definition) is 4. The third-order valence-electron chi connectivity index (χ3n) is 5.80. The van der Waals surface area contributed by atoms with Crippen LogP contribution >= 0.6 is 0 Å². The second kappa shape index (κ2) is 6.68. The van der Waals surface area contributed by atoms with E-state index < -0.39 is 23.9 Å². The molecule has 2 aliphatic rings. The highest BCUT2D eigenvalue weighted by Gasteiger charge is 2.55. The predicted octanol–water partition coefficient (Wildman–Crippen LogP) is 2.61. The molecule has 2 N–H and O–H groups in total. The number of nitrogens with zero attached hydrogens (tertiary/aromatic N) is 3. The molecule has 7 nitrogen and oxygen atoms in total. The first-order valence-electron chi connectivity index (χ1n) is 9.25. The number of halogens is 4. The number of fused-ring (bicyclic) bond motifs is 1. The Labute approximate surface area is 162 Å². The fraction of sp³-hybridized carbons (Fsp3) is 0.500. The first-order chi connectivity index (χ1) is 13.6. The molecular weight excluding hydrogens is 396 g/mol. The fourth-order valence-electron chi connectivity index (χ4n) is 4.27. The van der Waals surface area contributed by atoms with E-state index in [9.17, 15) is 27.2 Å². The van der Waals surface area contributed by atoms with Gasteiger partial charge in [0.1, 0.15) is 30.5 Å². The van der Waals surface area contributed by atoms with Gasteiger partial charge >= 0.3 is 12.1 Å². The lowest BCUT2D eigenvalue weighted by atomic mass is 9.85. The molecule has 1 amide bonds. The minimum atomic E-state index is -5.04.